The van der Waals surface area contributed by atoms with Crippen LogP contribution < -0.4 is 0 Å². The Balaban J connectivity index is 0.00000324. The molecule has 0 atom stereocenters. The maximum Gasteiger partial charge on any atom is 2.00 e. The van der Waals surface area contributed by atoms with Gasteiger partial charge >= 0.3 is 20.4 Å². The average molecular weight is 545 g/mol. The van der Waals surface area contributed by atoms with Crippen molar-refractivity contribution in [1.82, 2.24) is 19.1 Å². The third-order valence-electron chi connectivity index (χ3n) is 6.12. The molecule has 0 bridgehead atoms. The summed E-state index contributed by atoms with van der Waals surface area (Å²) < 4.78 is 4.13. The topological polar surface area (TPSA) is 35.6 Å². The van der Waals surface area contributed by atoms with Crippen molar-refractivity contribution in [2.24, 2.45) is 0 Å². The van der Waals surface area contributed by atoms with Gasteiger partial charge < -0.3 is 9.13 Å². The first kappa shape index (κ1) is 26.1. The van der Waals surface area contributed by atoms with Crippen LogP contribution in [0.15, 0.2) is 60.7 Å². The molecule has 4 nitrogen and oxygen atoms in total. The Morgan fingerprint density at radius 2 is 0.971 bits per heavy atom. The van der Waals surface area contributed by atoms with Crippen molar-refractivity contribution >= 4 is 0 Å². The molecule has 0 N–H and O–H groups in total. The van der Waals surface area contributed by atoms with Crippen LogP contribution in [0.5, 0.6) is 0 Å². The fourth-order valence-electron chi connectivity index (χ4n) is 4.14. The van der Waals surface area contributed by atoms with Crippen LogP contribution in [0.1, 0.15) is 78.2 Å². The summed E-state index contributed by atoms with van der Waals surface area (Å²) in [7, 11) is 0. The van der Waals surface area contributed by atoms with E-state index in [0.717, 1.165) is 23.0 Å². The second-order valence-electron chi connectivity index (χ2n) is 11.3. The third-order valence-corrected chi connectivity index (χ3v) is 6.12. The van der Waals surface area contributed by atoms with E-state index in [0.29, 0.717) is 0 Å². The second kappa shape index (κ2) is 9.29. The minimum atomic E-state index is -0.379. The van der Waals surface area contributed by atoms with E-state index in [2.05, 4.69) is 113 Å². The number of nitrogens with zero attached hydrogens (tertiary/aromatic N) is 4. The van der Waals surface area contributed by atoms with E-state index in [4.69, 9.17) is 9.97 Å². The molecular weight excluding hydrogens is 511 g/mol. The summed E-state index contributed by atoms with van der Waals surface area (Å²) in [5.41, 5.74) is 3.93. The minimum absolute atomic E-state index is 0. The van der Waals surface area contributed by atoms with Gasteiger partial charge in [0.25, 0.3) is 0 Å². The molecule has 4 aromatic heterocycles. The van der Waals surface area contributed by atoms with Crippen molar-refractivity contribution in [3.8, 4) is 11.6 Å². The van der Waals surface area contributed by atoms with Crippen molar-refractivity contribution in [3.05, 3.63) is 95.8 Å². The van der Waals surface area contributed by atoms with Crippen molar-refractivity contribution < 1.29 is 20.4 Å². The minimum Gasteiger partial charge on any atom is -0.432 e. The molecule has 0 unspecified atom stereocenters. The number of hydrogen-bond donors (Lipinski definition) is 0. The zero-order chi connectivity index (χ0) is 24.0. The molecule has 0 fully saturated rings. The van der Waals surface area contributed by atoms with Crippen LogP contribution in [0.2, 0.25) is 0 Å². The van der Waals surface area contributed by atoms with Gasteiger partial charge in [0.1, 0.15) is 0 Å². The van der Waals surface area contributed by atoms with E-state index in [9.17, 15) is 0 Å². The predicted octanol–water partition coefficient (Wildman–Crippen LogP) is 6.58. The Labute approximate surface area is 218 Å². The molecule has 180 valence electrons. The van der Waals surface area contributed by atoms with Crippen LogP contribution in [0.25, 0.3) is 11.6 Å². The molecule has 0 saturated heterocycles. The van der Waals surface area contributed by atoms with Crippen LogP contribution in [0.3, 0.4) is 0 Å². The SMILES string of the molecule is CC(C)(C)c1cc[c-]n1-c1cccc(C(C)(C)c2cccc(-n3[c-]ccc3C(C)(C)C)n2)n1.[Pd+2]. The molecule has 5 heteroatoms. The second-order valence-corrected chi connectivity index (χ2v) is 11.3. The smallest absolute Gasteiger partial charge is 0.432 e. The summed E-state index contributed by atoms with van der Waals surface area (Å²) in [4.78, 5) is 10.1. The fourth-order valence-corrected chi connectivity index (χ4v) is 4.14. The predicted molar refractivity (Wildman–Crippen MR) is 134 cm³/mol. The van der Waals surface area contributed by atoms with Crippen LogP contribution in [0, 0.1) is 12.4 Å². The summed E-state index contributed by atoms with van der Waals surface area (Å²) in [6.07, 6.45) is 6.65. The van der Waals surface area contributed by atoms with Gasteiger partial charge in [-0.3, -0.25) is 9.97 Å². The Morgan fingerprint density at radius 3 is 1.32 bits per heavy atom. The normalized spacial score (nSPS) is 12.5. The van der Waals surface area contributed by atoms with Gasteiger partial charge in [-0.1, -0.05) is 89.6 Å². The van der Waals surface area contributed by atoms with Gasteiger partial charge in [-0.05, 0) is 36.8 Å². The number of aromatic nitrogens is 4. The van der Waals surface area contributed by atoms with Crippen LogP contribution >= 0.6 is 0 Å². The van der Waals surface area contributed by atoms with E-state index in [1.807, 2.05) is 24.3 Å². The van der Waals surface area contributed by atoms with E-state index in [1.165, 1.54) is 11.4 Å². The van der Waals surface area contributed by atoms with Crippen LogP contribution in [-0.4, -0.2) is 19.1 Å². The van der Waals surface area contributed by atoms with Gasteiger partial charge in [-0.25, -0.2) is 0 Å². The third kappa shape index (κ3) is 4.97. The van der Waals surface area contributed by atoms with E-state index < -0.39 is 0 Å². The number of hydrogen-bond acceptors (Lipinski definition) is 2. The summed E-state index contributed by atoms with van der Waals surface area (Å²) in [6, 6.07) is 20.6. The van der Waals surface area contributed by atoms with E-state index >= 15 is 0 Å². The van der Waals surface area contributed by atoms with Gasteiger partial charge in [-0.2, -0.15) is 12.1 Å². The zero-order valence-corrected chi connectivity index (χ0v) is 22.9. The standard InChI is InChI=1S/C29H34N4.Pd/c1-27(2,3)23-15-11-19-32(23)25-17-9-13-21(30-25)29(7,8)22-14-10-18-26(31-22)33-20-12-16-24(33)28(4,5)6;/h9-18H,1-8H3;/q-2;+2. The first-order chi connectivity index (χ1) is 15.4. The molecule has 0 radical (unpaired) electrons. The largest absolute Gasteiger partial charge is 2.00 e. The van der Waals surface area contributed by atoms with E-state index in [-0.39, 0.29) is 36.7 Å². The molecule has 34 heavy (non-hydrogen) atoms. The summed E-state index contributed by atoms with van der Waals surface area (Å²) in [5, 5.41) is 0. The van der Waals surface area contributed by atoms with Crippen molar-refractivity contribution in [2.45, 2.75) is 71.6 Å². The maximum atomic E-state index is 5.06. The van der Waals surface area contributed by atoms with E-state index in [1.54, 1.807) is 0 Å². The first-order valence-electron chi connectivity index (χ1n) is 11.5. The molecule has 0 aliphatic carbocycles. The maximum absolute atomic E-state index is 5.06. The van der Waals surface area contributed by atoms with Gasteiger partial charge in [0.2, 0.25) is 0 Å². The van der Waals surface area contributed by atoms with Gasteiger partial charge in [0.05, 0.1) is 11.6 Å². The van der Waals surface area contributed by atoms with Crippen LogP contribution in [-0.2, 0) is 36.7 Å². The molecule has 0 saturated carbocycles. The monoisotopic (exact) mass is 544 g/mol. The Bertz CT molecular complexity index is 1170. The Kier molecular flexibility index (Phi) is 7.14. The number of pyridine rings is 2. The first-order valence-corrected chi connectivity index (χ1v) is 11.5. The Morgan fingerprint density at radius 1 is 0.588 bits per heavy atom. The van der Waals surface area contributed by atoms with Crippen molar-refractivity contribution in [3.63, 3.8) is 0 Å². The zero-order valence-electron chi connectivity index (χ0n) is 21.4. The van der Waals surface area contributed by atoms with Gasteiger partial charge in [0, 0.05) is 16.8 Å². The molecule has 4 heterocycles. The molecule has 4 rings (SSSR count). The van der Waals surface area contributed by atoms with Crippen LogP contribution in [0.4, 0.5) is 0 Å². The summed E-state index contributed by atoms with van der Waals surface area (Å²) >= 11 is 0. The molecule has 0 spiro atoms. The van der Waals surface area contributed by atoms with Crippen molar-refractivity contribution in [1.29, 1.82) is 0 Å². The van der Waals surface area contributed by atoms with Crippen molar-refractivity contribution in [2.75, 3.05) is 0 Å². The molecule has 0 aliphatic heterocycles. The molecule has 0 amide bonds. The molecular formula is C29H34N4Pd. The fraction of sp³-hybridized carbons (Fsp3) is 0.379. The Hall–Kier alpha value is -2.48. The van der Waals surface area contributed by atoms with Gasteiger partial charge in [-0.15, -0.1) is 12.1 Å². The molecule has 4 aromatic rings. The molecule has 0 aliphatic rings. The molecule has 0 aromatic carbocycles. The average Bonchev–Trinajstić information content (AvgIpc) is 3.43. The summed E-state index contributed by atoms with van der Waals surface area (Å²) in [5.74, 6) is 1.75. The quantitative estimate of drug-likeness (QED) is 0.215. The van der Waals surface area contributed by atoms with Gasteiger partial charge in [0.15, 0.2) is 0 Å². The summed E-state index contributed by atoms with van der Waals surface area (Å²) in [6.45, 7) is 17.6. The number of rotatable bonds is 4.